The van der Waals surface area contributed by atoms with Gasteiger partial charge in [-0.05, 0) is 32.6 Å². The van der Waals surface area contributed by atoms with Crippen LogP contribution in [0.4, 0.5) is 0 Å². The number of carbonyl (C=O) groups is 1. The molecule has 0 saturated carbocycles. The lowest BCUT2D eigenvalue weighted by molar-refractivity contribution is -0.137. The molecule has 0 aromatic rings. The van der Waals surface area contributed by atoms with Crippen molar-refractivity contribution in [3.8, 4) is 0 Å². The number of unbranched alkanes of at least 4 members (excludes halogenated alkanes) is 2. The van der Waals surface area contributed by atoms with E-state index in [4.69, 9.17) is 9.66 Å². The topological polar surface area (TPSA) is 104 Å². The SMILES string of the molecule is CC(CCCS(=O)(=O)O)=NCCCCCC(=O)O. The van der Waals surface area contributed by atoms with E-state index in [9.17, 15) is 13.2 Å². The standard InChI is InChI=1S/C11H21NO5S/c1-10(6-5-9-18(15,16)17)12-8-4-2-3-7-11(13)14/h2-9H2,1H3,(H,13,14)(H,15,16,17). The second kappa shape index (κ2) is 9.04. The van der Waals surface area contributed by atoms with Gasteiger partial charge in [0.15, 0.2) is 0 Å². The molecule has 106 valence electrons. The summed E-state index contributed by atoms with van der Waals surface area (Å²) in [6.07, 6.45) is 3.43. The first-order valence-electron chi connectivity index (χ1n) is 5.98. The Bertz CT molecular complexity index is 375. The molecule has 0 aliphatic carbocycles. The van der Waals surface area contributed by atoms with E-state index in [-0.39, 0.29) is 12.2 Å². The van der Waals surface area contributed by atoms with Crippen LogP contribution < -0.4 is 0 Å². The predicted octanol–water partition coefficient (Wildman–Crippen LogP) is 1.76. The molecule has 2 N–H and O–H groups in total. The fraction of sp³-hybridized carbons (Fsp3) is 0.818. The molecule has 0 radical (unpaired) electrons. The molecule has 0 fully saturated rings. The van der Waals surface area contributed by atoms with Gasteiger partial charge in [-0.25, -0.2) is 0 Å². The Morgan fingerprint density at radius 2 is 1.78 bits per heavy atom. The third-order valence-corrected chi connectivity index (χ3v) is 3.18. The van der Waals surface area contributed by atoms with E-state index in [0.29, 0.717) is 25.8 Å². The van der Waals surface area contributed by atoms with Crippen molar-refractivity contribution in [3.63, 3.8) is 0 Å². The maximum Gasteiger partial charge on any atom is 0.303 e. The Kier molecular flexibility index (Phi) is 8.57. The monoisotopic (exact) mass is 279 g/mol. The molecule has 7 heteroatoms. The summed E-state index contributed by atoms with van der Waals surface area (Å²) in [6.45, 7) is 2.46. The van der Waals surface area contributed by atoms with Crippen LogP contribution in [-0.2, 0) is 14.9 Å². The Balaban J connectivity index is 3.56. The van der Waals surface area contributed by atoms with Gasteiger partial charge in [-0.3, -0.25) is 14.3 Å². The number of hydrogen-bond acceptors (Lipinski definition) is 4. The van der Waals surface area contributed by atoms with Gasteiger partial charge in [0, 0.05) is 18.7 Å². The normalized spacial score (nSPS) is 12.7. The summed E-state index contributed by atoms with van der Waals surface area (Å²) in [5, 5.41) is 8.42. The number of carboxylic acid groups (broad SMARTS) is 1. The smallest absolute Gasteiger partial charge is 0.303 e. The van der Waals surface area contributed by atoms with Gasteiger partial charge in [0.25, 0.3) is 10.1 Å². The van der Waals surface area contributed by atoms with Crippen molar-refractivity contribution in [2.75, 3.05) is 12.3 Å². The molecule has 6 nitrogen and oxygen atoms in total. The summed E-state index contributed by atoms with van der Waals surface area (Å²) in [6, 6.07) is 0. The van der Waals surface area contributed by atoms with Gasteiger partial charge in [0.2, 0.25) is 0 Å². The number of nitrogens with zero attached hydrogens (tertiary/aromatic N) is 1. The number of aliphatic carboxylic acids is 1. The van der Waals surface area contributed by atoms with Gasteiger partial charge in [-0.15, -0.1) is 0 Å². The second-order valence-electron chi connectivity index (χ2n) is 4.21. The molecule has 0 aromatic carbocycles. The third kappa shape index (κ3) is 13.1. The Morgan fingerprint density at radius 3 is 2.33 bits per heavy atom. The van der Waals surface area contributed by atoms with Gasteiger partial charge >= 0.3 is 5.97 Å². The van der Waals surface area contributed by atoms with Crippen molar-refractivity contribution in [2.45, 2.75) is 45.4 Å². The molecular formula is C11H21NO5S. The quantitative estimate of drug-likeness (QED) is 0.360. The Hall–Kier alpha value is -0.950. The number of hydrogen-bond donors (Lipinski definition) is 2. The summed E-state index contributed by atoms with van der Waals surface area (Å²) in [4.78, 5) is 14.5. The fourth-order valence-electron chi connectivity index (χ4n) is 1.42. The Morgan fingerprint density at radius 1 is 1.11 bits per heavy atom. The van der Waals surface area contributed by atoms with Crippen LogP contribution >= 0.6 is 0 Å². The molecule has 0 spiro atoms. The van der Waals surface area contributed by atoms with Crippen LogP contribution in [0.2, 0.25) is 0 Å². The van der Waals surface area contributed by atoms with Crippen LogP contribution in [-0.4, -0.2) is 42.1 Å². The van der Waals surface area contributed by atoms with E-state index in [1.165, 1.54) is 0 Å². The molecule has 0 saturated heterocycles. The molecule has 0 rings (SSSR count). The minimum absolute atomic E-state index is 0.192. The molecule has 0 amide bonds. The number of carboxylic acids is 1. The van der Waals surface area contributed by atoms with Crippen LogP contribution in [0.5, 0.6) is 0 Å². The molecule has 0 aliphatic rings. The lowest BCUT2D eigenvalue weighted by Gasteiger charge is -2.00. The van der Waals surface area contributed by atoms with Gasteiger partial charge < -0.3 is 5.11 Å². The van der Waals surface area contributed by atoms with Crippen molar-refractivity contribution >= 4 is 21.8 Å². The number of rotatable bonds is 10. The summed E-state index contributed by atoms with van der Waals surface area (Å²) in [5.74, 6) is -1.02. The van der Waals surface area contributed by atoms with Gasteiger partial charge in [-0.2, -0.15) is 8.42 Å². The van der Waals surface area contributed by atoms with E-state index in [1.54, 1.807) is 0 Å². The highest BCUT2D eigenvalue weighted by atomic mass is 32.2. The molecule has 0 aromatic heterocycles. The first-order chi connectivity index (χ1) is 8.31. The van der Waals surface area contributed by atoms with Crippen molar-refractivity contribution in [1.29, 1.82) is 0 Å². The molecule has 18 heavy (non-hydrogen) atoms. The highest BCUT2D eigenvalue weighted by Gasteiger charge is 2.04. The molecule has 0 unspecified atom stereocenters. The minimum Gasteiger partial charge on any atom is -0.481 e. The van der Waals surface area contributed by atoms with Crippen molar-refractivity contribution in [3.05, 3.63) is 0 Å². The predicted molar refractivity (Wildman–Crippen MR) is 69.7 cm³/mol. The average molecular weight is 279 g/mol. The highest BCUT2D eigenvalue weighted by Crippen LogP contribution is 2.02. The van der Waals surface area contributed by atoms with Crippen LogP contribution in [0.25, 0.3) is 0 Å². The van der Waals surface area contributed by atoms with Crippen molar-refractivity contribution < 1.29 is 22.9 Å². The van der Waals surface area contributed by atoms with Gasteiger partial charge in [0.05, 0.1) is 5.75 Å². The zero-order chi connectivity index (χ0) is 14.0. The summed E-state index contributed by atoms with van der Waals surface area (Å²) < 4.78 is 29.5. The molecule has 0 atom stereocenters. The van der Waals surface area contributed by atoms with E-state index < -0.39 is 16.1 Å². The van der Waals surface area contributed by atoms with E-state index in [0.717, 1.165) is 18.6 Å². The fourth-order valence-corrected chi connectivity index (χ4v) is 1.93. The largest absolute Gasteiger partial charge is 0.481 e. The third-order valence-electron chi connectivity index (χ3n) is 2.37. The average Bonchev–Trinajstić information content (AvgIpc) is 2.20. The van der Waals surface area contributed by atoms with Gasteiger partial charge in [0.1, 0.15) is 0 Å². The maximum atomic E-state index is 10.5. The van der Waals surface area contributed by atoms with E-state index in [2.05, 4.69) is 4.99 Å². The molecule has 0 aliphatic heterocycles. The first-order valence-corrected chi connectivity index (χ1v) is 7.59. The van der Waals surface area contributed by atoms with Crippen molar-refractivity contribution in [1.82, 2.24) is 0 Å². The molecule has 0 heterocycles. The number of aliphatic imine (C=N–C) groups is 1. The lowest BCUT2D eigenvalue weighted by atomic mass is 10.2. The zero-order valence-electron chi connectivity index (χ0n) is 10.6. The second-order valence-corrected chi connectivity index (χ2v) is 5.78. The van der Waals surface area contributed by atoms with Crippen molar-refractivity contribution in [2.24, 2.45) is 4.99 Å². The Labute approximate surface area is 108 Å². The van der Waals surface area contributed by atoms with Crippen LogP contribution in [0, 0.1) is 0 Å². The van der Waals surface area contributed by atoms with Crippen LogP contribution in [0.3, 0.4) is 0 Å². The maximum absolute atomic E-state index is 10.5. The van der Waals surface area contributed by atoms with Crippen LogP contribution in [0.15, 0.2) is 4.99 Å². The summed E-state index contributed by atoms with van der Waals surface area (Å²) in [7, 11) is -3.87. The van der Waals surface area contributed by atoms with Gasteiger partial charge in [-0.1, -0.05) is 6.42 Å². The molecular weight excluding hydrogens is 258 g/mol. The zero-order valence-corrected chi connectivity index (χ0v) is 11.4. The minimum atomic E-state index is -3.87. The molecule has 0 bridgehead atoms. The first kappa shape index (κ1) is 17.1. The summed E-state index contributed by atoms with van der Waals surface area (Å²) >= 11 is 0. The van der Waals surface area contributed by atoms with Crippen LogP contribution in [0.1, 0.15) is 45.4 Å². The highest BCUT2D eigenvalue weighted by molar-refractivity contribution is 7.85. The summed E-state index contributed by atoms with van der Waals surface area (Å²) in [5.41, 5.74) is 0.858. The van der Waals surface area contributed by atoms with E-state index >= 15 is 0 Å². The van der Waals surface area contributed by atoms with E-state index in [1.807, 2.05) is 6.92 Å². The lowest BCUT2D eigenvalue weighted by Crippen LogP contribution is -2.05.